The minimum Gasteiger partial charge on any atom is -0.394 e. The fraction of sp³-hybridized carbons (Fsp3) is 0.500. The number of hydrogen-bond acceptors (Lipinski definition) is 12. The van der Waals surface area contributed by atoms with Crippen LogP contribution in [0.15, 0.2) is 11.4 Å². The van der Waals surface area contributed by atoms with Crippen LogP contribution in [0.2, 0.25) is 0 Å². The van der Waals surface area contributed by atoms with Crippen molar-refractivity contribution in [2.24, 2.45) is 0 Å². The summed E-state index contributed by atoms with van der Waals surface area (Å²) in [6.07, 6.45) is -2.82. The highest BCUT2D eigenvalue weighted by Crippen LogP contribution is 2.53. The van der Waals surface area contributed by atoms with Crippen LogP contribution < -0.4 is 5.73 Å². The highest BCUT2D eigenvalue weighted by molar-refractivity contribution is 7.80. The molecule has 0 radical (unpaired) electrons. The van der Waals surface area contributed by atoms with E-state index in [-0.39, 0.29) is 5.95 Å². The highest BCUT2D eigenvalue weighted by atomic mass is 32.1. The van der Waals surface area contributed by atoms with Crippen molar-refractivity contribution in [3.05, 3.63) is 6.33 Å². The van der Waals surface area contributed by atoms with Crippen LogP contribution in [0.5, 0.6) is 0 Å². The van der Waals surface area contributed by atoms with Gasteiger partial charge in [-0.1, -0.05) is 0 Å². The van der Waals surface area contributed by atoms with Crippen molar-refractivity contribution < 1.29 is 53.1 Å². The number of aliphatic hydroxyl groups is 3. The average Bonchev–Trinajstić information content (AvgIpc) is 3.07. The van der Waals surface area contributed by atoms with Crippen LogP contribution in [0.1, 0.15) is 6.23 Å². The van der Waals surface area contributed by atoms with Crippen LogP contribution in [0.25, 0.3) is 11.2 Å². The molecule has 1 aliphatic rings. The van der Waals surface area contributed by atoms with E-state index in [1.807, 2.05) is 0 Å². The van der Waals surface area contributed by atoms with Crippen molar-refractivity contribution >= 4 is 45.4 Å². The third-order valence-corrected chi connectivity index (χ3v) is 5.44. The number of rotatable bonds is 4. The molecule has 0 bridgehead atoms. The van der Waals surface area contributed by atoms with Gasteiger partial charge in [0.25, 0.3) is 0 Å². The first-order chi connectivity index (χ1) is 13.2. The number of thiol groups is 1. The molecule has 0 amide bonds. The lowest BCUT2D eigenvalue weighted by atomic mass is 10.1. The zero-order chi connectivity index (χ0) is 22.1. The molecular weight excluding hydrogens is 460 g/mol. The number of fused-ring (bicyclic) bond motifs is 1. The number of phosphoric acid groups is 2. The van der Waals surface area contributed by atoms with E-state index in [1.54, 1.807) is 0 Å². The summed E-state index contributed by atoms with van der Waals surface area (Å²) in [5.41, 5.74) is 6.30. The third kappa shape index (κ3) is 6.14. The first-order valence-electron chi connectivity index (χ1n) is 7.37. The lowest BCUT2D eigenvalue weighted by molar-refractivity contribution is -0.0511. The SMILES string of the molecule is Nc1nc(S)c2ncn([C@@H]3O[C@H](CO)[C@@H](O)[C@H]3O)c2n1.O=P(O)(O)OP(=O)(O)O. The van der Waals surface area contributed by atoms with Gasteiger partial charge >= 0.3 is 15.6 Å². The number of aromatic nitrogens is 4. The molecule has 9 N–H and O–H groups in total. The van der Waals surface area contributed by atoms with Crippen LogP contribution in [0.3, 0.4) is 0 Å². The van der Waals surface area contributed by atoms with Crippen molar-refractivity contribution in [2.75, 3.05) is 12.3 Å². The fourth-order valence-electron chi connectivity index (χ4n) is 2.35. The topological polar surface area (TPSA) is 264 Å². The number of nitrogens with zero attached hydrogens (tertiary/aromatic N) is 4. The molecule has 0 aliphatic carbocycles. The first kappa shape index (κ1) is 24.1. The molecule has 2 aromatic rings. The van der Waals surface area contributed by atoms with Crippen molar-refractivity contribution in [1.29, 1.82) is 0 Å². The van der Waals surface area contributed by atoms with E-state index < -0.39 is 46.8 Å². The number of nitrogen functional groups attached to an aromatic ring is 1. The van der Waals surface area contributed by atoms with Gasteiger partial charge in [-0.15, -0.1) is 12.6 Å². The molecule has 16 nitrogen and oxygen atoms in total. The summed E-state index contributed by atoms with van der Waals surface area (Å²) in [6.45, 7) is -0.406. The van der Waals surface area contributed by atoms with Crippen molar-refractivity contribution in [1.82, 2.24) is 19.5 Å². The van der Waals surface area contributed by atoms with Crippen molar-refractivity contribution in [2.45, 2.75) is 29.6 Å². The Labute approximate surface area is 166 Å². The Bertz CT molecular complexity index is 943. The molecule has 164 valence electrons. The summed E-state index contributed by atoms with van der Waals surface area (Å²) in [4.78, 5) is 43.0. The van der Waals surface area contributed by atoms with E-state index in [9.17, 15) is 19.3 Å². The minimum atomic E-state index is -5.05. The van der Waals surface area contributed by atoms with Gasteiger partial charge in [0.05, 0.1) is 12.9 Å². The molecule has 3 rings (SSSR count). The molecule has 3 heterocycles. The Hall–Kier alpha value is -1.20. The molecule has 0 aromatic carbocycles. The number of anilines is 1. The standard InChI is InChI=1S/C10H13N5O4S.H4O7P2/c11-10-13-7-4(8(20)14-10)12-2-15(7)9-6(18)5(17)3(1-16)19-9;1-8(2,3)7-9(4,5)6/h2-3,5-6,9,16-18H,1H2,(H3,11,13,14,20);(H2,1,2,3)(H2,4,5,6)/t3-,5-,6-,9-;/m1./s1. The molecule has 0 unspecified atom stereocenters. The van der Waals surface area contributed by atoms with Crippen LogP contribution in [-0.4, -0.2) is 79.3 Å². The average molecular weight is 477 g/mol. The fourth-order valence-corrected chi connectivity index (χ4v) is 3.72. The van der Waals surface area contributed by atoms with E-state index in [0.717, 1.165) is 0 Å². The van der Waals surface area contributed by atoms with Gasteiger partial charge in [0.15, 0.2) is 11.9 Å². The molecule has 0 saturated carbocycles. The number of aliphatic hydroxyl groups excluding tert-OH is 3. The van der Waals surface area contributed by atoms with Gasteiger partial charge in [0.1, 0.15) is 28.9 Å². The number of nitrogens with two attached hydrogens (primary N) is 1. The maximum absolute atomic E-state index is 10.0. The van der Waals surface area contributed by atoms with Gasteiger partial charge in [-0.3, -0.25) is 4.57 Å². The Morgan fingerprint density at radius 3 is 2.21 bits per heavy atom. The summed E-state index contributed by atoms with van der Waals surface area (Å²) in [7, 11) is -10.1. The van der Waals surface area contributed by atoms with Crippen LogP contribution in [0, 0.1) is 0 Å². The van der Waals surface area contributed by atoms with E-state index in [0.29, 0.717) is 16.2 Å². The monoisotopic (exact) mass is 477 g/mol. The van der Waals surface area contributed by atoms with Crippen LogP contribution in [-0.2, 0) is 18.2 Å². The number of hydrogen-bond donors (Lipinski definition) is 9. The van der Waals surface area contributed by atoms with Crippen LogP contribution >= 0.6 is 28.3 Å². The van der Waals surface area contributed by atoms with E-state index in [1.165, 1.54) is 10.9 Å². The summed E-state index contributed by atoms with van der Waals surface area (Å²) < 4.78 is 29.1. The highest BCUT2D eigenvalue weighted by Gasteiger charge is 2.44. The summed E-state index contributed by atoms with van der Waals surface area (Å²) in [5.74, 6) is 0.0102. The normalized spacial score (nSPS) is 25.1. The first-order valence-corrected chi connectivity index (χ1v) is 10.9. The molecular formula is C10H17N5O11P2S. The lowest BCUT2D eigenvalue weighted by Crippen LogP contribution is -2.33. The molecule has 0 spiro atoms. The lowest BCUT2D eigenvalue weighted by Gasteiger charge is -2.16. The predicted octanol–water partition coefficient (Wildman–Crippen LogP) is -2.50. The third-order valence-electron chi connectivity index (χ3n) is 3.42. The minimum absolute atomic E-state index is 0.0102. The molecule has 29 heavy (non-hydrogen) atoms. The molecule has 1 saturated heterocycles. The number of imidazole rings is 1. The molecule has 4 atom stereocenters. The van der Waals surface area contributed by atoms with Gasteiger partial charge < -0.3 is 45.4 Å². The van der Waals surface area contributed by atoms with Crippen molar-refractivity contribution in [3.8, 4) is 0 Å². The summed E-state index contributed by atoms with van der Waals surface area (Å²) >= 11 is 4.15. The molecule has 2 aromatic heterocycles. The van der Waals surface area contributed by atoms with Gasteiger partial charge in [-0.05, 0) is 0 Å². The zero-order valence-corrected chi connectivity index (χ0v) is 16.7. The largest absolute Gasteiger partial charge is 0.478 e. The van der Waals surface area contributed by atoms with Gasteiger partial charge in [0.2, 0.25) is 5.95 Å². The van der Waals surface area contributed by atoms with E-state index >= 15 is 0 Å². The smallest absolute Gasteiger partial charge is 0.394 e. The quantitative estimate of drug-likeness (QED) is 0.125. The second-order valence-corrected chi connectivity index (χ2v) is 8.56. The summed E-state index contributed by atoms with van der Waals surface area (Å²) in [5, 5.41) is 29.2. The Morgan fingerprint density at radius 1 is 1.17 bits per heavy atom. The second kappa shape index (κ2) is 8.89. The Balaban J connectivity index is 0.000000284. The van der Waals surface area contributed by atoms with E-state index in [4.69, 9.17) is 35.2 Å². The Morgan fingerprint density at radius 2 is 1.76 bits per heavy atom. The predicted molar refractivity (Wildman–Crippen MR) is 95.2 cm³/mol. The van der Waals surface area contributed by atoms with Crippen molar-refractivity contribution in [3.63, 3.8) is 0 Å². The maximum atomic E-state index is 10.0. The van der Waals surface area contributed by atoms with E-state index in [2.05, 4.69) is 31.9 Å². The van der Waals surface area contributed by atoms with Gasteiger partial charge in [-0.2, -0.15) is 9.29 Å². The van der Waals surface area contributed by atoms with Crippen LogP contribution in [0.4, 0.5) is 5.95 Å². The molecule has 1 fully saturated rings. The van der Waals surface area contributed by atoms with Gasteiger partial charge in [-0.25, -0.2) is 19.1 Å². The maximum Gasteiger partial charge on any atom is 0.478 e. The summed E-state index contributed by atoms with van der Waals surface area (Å²) in [6, 6.07) is 0. The second-order valence-electron chi connectivity index (χ2n) is 5.52. The van der Waals surface area contributed by atoms with Gasteiger partial charge in [0, 0.05) is 0 Å². The number of ether oxygens (including phenoxy) is 1. The Kier molecular flexibility index (Phi) is 7.38. The molecule has 19 heteroatoms. The zero-order valence-electron chi connectivity index (χ0n) is 14.1. The molecule has 1 aliphatic heterocycles.